The number of allylic oxidation sites excluding steroid dienone is 2. The Labute approximate surface area is 173 Å². The molecule has 152 valence electrons. The Morgan fingerprint density at radius 1 is 1.03 bits per heavy atom. The van der Waals surface area contributed by atoms with Crippen molar-refractivity contribution in [3.63, 3.8) is 0 Å². The van der Waals surface area contributed by atoms with Gasteiger partial charge in [-0.1, -0.05) is 36.4 Å². The highest BCUT2D eigenvalue weighted by Gasteiger charge is 2.30. The highest BCUT2D eigenvalue weighted by Crippen LogP contribution is 2.29. The van der Waals surface area contributed by atoms with E-state index in [0.29, 0.717) is 22.4 Å². The number of benzene rings is 2. The van der Waals surface area contributed by atoms with Crippen molar-refractivity contribution in [3.05, 3.63) is 76.9 Å². The molecule has 1 amide bonds. The van der Waals surface area contributed by atoms with E-state index >= 15 is 0 Å². The molecule has 0 bridgehead atoms. The predicted molar refractivity (Wildman–Crippen MR) is 110 cm³/mol. The van der Waals surface area contributed by atoms with Crippen LogP contribution in [0, 0.1) is 5.92 Å². The number of rotatable bonds is 5. The maximum Gasteiger partial charge on any atom is 0.307 e. The fourth-order valence-electron chi connectivity index (χ4n) is 3.80. The molecule has 4 rings (SSSR count). The van der Waals surface area contributed by atoms with Crippen molar-refractivity contribution in [2.45, 2.75) is 32.3 Å². The number of carbonyl (C=O) groups excluding carboxylic acids is 4. The average Bonchev–Trinajstić information content (AvgIpc) is 3.24. The number of nitrogens with one attached hydrogen (secondary N) is 1. The van der Waals surface area contributed by atoms with E-state index in [2.05, 4.69) is 5.32 Å². The topological polar surface area (TPSA) is 89.5 Å². The zero-order chi connectivity index (χ0) is 21.3. The minimum atomic E-state index is -0.975. The number of esters is 1. The van der Waals surface area contributed by atoms with Gasteiger partial charge in [0.1, 0.15) is 0 Å². The van der Waals surface area contributed by atoms with Crippen LogP contribution in [0.4, 0.5) is 5.69 Å². The Bertz CT molecular complexity index is 1080. The summed E-state index contributed by atoms with van der Waals surface area (Å²) in [7, 11) is 0. The Balaban J connectivity index is 1.44. The van der Waals surface area contributed by atoms with Crippen LogP contribution in [0.1, 0.15) is 58.0 Å². The summed E-state index contributed by atoms with van der Waals surface area (Å²) in [5.41, 5.74) is 1.64. The van der Waals surface area contributed by atoms with Gasteiger partial charge in [0.05, 0.1) is 6.42 Å². The number of amides is 1. The molecule has 6 nitrogen and oxygen atoms in total. The second kappa shape index (κ2) is 8.06. The maximum atomic E-state index is 12.8. The van der Waals surface area contributed by atoms with Gasteiger partial charge >= 0.3 is 5.97 Å². The molecule has 2 atom stereocenters. The Morgan fingerprint density at radius 3 is 2.37 bits per heavy atom. The quantitative estimate of drug-likeness (QED) is 0.518. The van der Waals surface area contributed by atoms with Crippen LogP contribution < -0.4 is 5.32 Å². The lowest BCUT2D eigenvalue weighted by Gasteiger charge is -2.19. The molecule has 0 fully saturated rings. The van der Waals surface area contributed by atoms with Gasteiger partial charge in [0.15, 0.2) is 17.7 Å². The first-order chi connectivity index (χ1) is 14.4. The van der Waals surface area contributed by atoms with Crippen molar-refractivity contribution < 1.29 is 23.9 Å². The summed E-state index contributed by atoms with van der Waals surface area (Å²) in [4.78, 5) is 49.9. The molecule has 2 aliphatic carbocycles. The molecule has 2 aromatic rings. The monoisotopic (exact) mass is 403 g/mol. The number of anilines is 1. The van der Waals surface area contributed by atoms with Gasteiger partial charge in [0.2, 0.25) is 0 Å². The second-order valence-electron chi connectivity index (χ2n) is 7.56. The summed E-state index contributed by atoms with van der Waals surface area (Å²) in [6, 6.07) is 11.3. The van der Waals surface area contributed by atoms with Gasteiger partial charge < -0.3 is 10.1 Å². The summed E-state index contributed by atoms with van der Waals surface area (Å²) < 4.78 is 5.24. The summed E-state index contributed by atoms with van der Waals surface area (Å²) in [5, 5.41) is 2.66. The van der Waals surface area contributed by atoms with Crippen molar-refractivity contribution in [2.75, 3.05) is 5.32 Å². The number of ketones is 2. The molecular formula is C24H21NO5. The van der Waals surface area contributed by atoms with Crippen molar-refractivity contribution in [2.24, 2.45) is 5.92 Å². The summed E-state index contributed by atoms with van der Waals surface area (Å²) >= 11 is 0. The SMILES string of the molecule is C[C@H](OC(=O)C[C@@H]1C=CCC1)C(=O)Nc1ccc2c(c1)C(=O)c1ccccc1C2=O. The number of carbonyl (C=O) groups is 4. The van der Waals surface area contributed by atoms with E-state index in [1.54, 1.807) is 30.3 Å². The highest BCUT2D eigenvalue weighted by molar-refractivity contribution is 6.28. The fourth-order valence-corrected chi connectivity index (χ4v) is 3.80. The normalized spacial score (nSPS) is 17.8. The van der Waals surface area contributed by atoms with Gasteiger partial charge in [-0.05, 0) is 43.9 Å². The molecule has 0 heterocycles. The van der Waals surface area contributed by atoms with Crippen LogP contribution in [-0.4, -0.2) is 29.5 Å². The van der Waals surface area contributed by atoms with Gasteiger partial charge in [-0.25, -0.2) is 0 Å². The van der Waals surface area contributed by atoms with Crippen molar-refractivity contribution in [3.8, 4) is 0 Å². The molecule has 0 radical (unpaired) electrons. The Kier molecular flexibility index (Phi) is 5.31. The van der Waals surface area contributed by atoms with E-state index in [0.717, 1.165) is 12.8 Å². The summed E-state index contributed by atoms with van der Waals surface area (Å²) in [6.45, 7) is 1.50. The first-order valence-electron chi connectivity index (χ1n) is 9.93. The third-order valence-corrected chi connectivity index (χ3v) is 5.41. The van der Waals surface area contributed by atoms with E-state index in [1.165, 1.54) is 19.1 Å². The van der Waals surface area contributed by atoms with Crippen molar-refractivity contribution >= 4 is 29.1 Å². The van der Waals surface area contributed by atoms with Crippen molar-refractivity contribution in [1.82, 2.24) is 0 Å². The molecule has 2 aromatic carbocycles. The van der Waals surface area contributed by atoms with Gasteiger partial charge in [-0.2, -0.15) is 0 Å². The van der Waals surface area contributed by atoms with Crippen molar-refractivity contribution in [1.29, 1.82) is 0 Å². The van der Waals surface area contributed by atoms with Gasteiger partial charge in [-0.3, -0.25) is 19.2 Å². The first-order valence-corrected chi connectivity index (χ1v) is 9.93. The molecule has 0 unspecified atom stereocenters. The van der Waals surface area contributed by atoms with Gasteiger partial charge in [0.25, 0.3) is 5.91 Å². The lowest BCUT2D eigenvalue weighted by Crippen LogP contribution is -2.30. The zero-order valence-electron chi connectivity index (χ0n) is 16.5. The van der Waals surface area contributed by atoms with Gasteiger partial charge in [0, 0.05) is 27.9 Å². The van der Waals surface area contributed by atoms with E-state index in [9.17, 15) is 19.2 Å². The lowest BCUT2D eigenvalue weighted by molar-refractivity contribution is -0.153. The standard InChI is InChI=1S/C24H21NO5/c1-14(30-21(26)12-15-6-2-3-7-15)24(29)25-16-10-11-19-20(13-16)23(28)18-9-5-4-8-17(18)22(19)27/h2,4-6,8-11,13-15H,3,7,12H2,1H3,(H,25,29)/t14-,15+/m0/s1. The molecule has 0 aliphatic heterocycles. The first kappa shape index (κ1) is 19.8. The largest absolute Gasteiger partial charge is 0.453 e. The molecule has 0 saturated heterocycles. The van der Waals surface area contributed by atoms with E-state index in [1.807, 2.05) is 12.2 Å². The van der Waals surface area contributed by atoms with E-state index in [4.69, 9.17) is 4.74 Å². The van der Waals surface area contributed by atoms with Crippen LogP contribution in [0.2, 0.25) is 0 Å². The minimum absolute atomic E-state index is 0.167. The van der Waals surface area contributed by atoms with E-state index in [-0.39, 0.29) is 29.5 Å². The van der Waals surface area contributed by atoms with Gasteiger partial charge in [-0.15, -0.1) is 0 Å². The lowest BCUT2D eigenvalue weighted by atomic mass is 9.84. The zero-order valence-corrected chi connectivity index (χ0v) is 16.5. The molecule has 2 aliphatic rings. The predicted octanol–water partition coefficient (Wildman–Crippen LogP) is 3.69. The number of fused-ring (bicyclic) bond motifs is 2. The molecule has 0 aromatic heterocycles. The molecule has 30 heavy (non-hydrogen) atoms. The van der Waals surface area contributed by atoms with Crippen LogP contribution in [0.15, 0.2) is 54.6 Å². The van der Waals surface area contributed by atoms with Crippen LogP contribution >= 0.6 is 0 Å². The number of hydrogen-bond donors (Lipinski definition) is 1. The Morgan fingerprint density at radius 2 is 1.70 bits per heavy atom. The number of ether oxygens (including phenoxy) is 1. The van der Waals surface area contributed by atoms with Crippen LogP contribution in [0.5, 0.6) is 0 Å². The minimum Gasteiger partial charge on any atom is -0.453 e. The molecule has 0 spiro atoms. The van der Waals surface area contributed by atoms with Crippen LogP contribution in [-0.2, 0) is 14.3 Å². The highest BCUT2D eigenvalue weighted by atomic mass is 16.5. The fraction of sp³-hybridized carbons (Fsp3) is 0.250. The number of hydrogen-bond acceptors (Lipinski definition) is 5. The molecular weight excluding hydrogens is 382 g/mol. The molecule has 6 heteroatoms. The van der Waals surface area contributed by atoms with E-state index < -0.39 is 18.0 Å². The van der Waals surface area contributed by atoms with Crippen LogP contribution in [0.25, 0.3) is 0 Å². The third-order valence-electron chi connectivity index (χ3n) is 5.41. The average molecular weight is 403 g/mol. The summed E-state index contributed by atoms with van der Waals surface area (Å²) in [5.74, 6) is -1.24. The smallest absolute Gasteiger partial charge is 0.307 e. The second-order valence-corrected chi connectivity index (χ2v) is 7.56. The summed E-state index contributed by atoms with van der Waals surface area (Å²) in [6.07, 6.45) is 5.18. The maximum absolute atomic E-state index is 12.8. The van der Waals surface area contributed by atoms with Crippen LogP contribution in [0.3, 0.4) is 0 Å². The third kappa shape index (κ3) is 3.81. The Hall–Kier alpha value is -3.54. The molecule has 0 saturated carbocycles. The molecule has 1 N–H and O–H groups in total.